The monoisotopic (exact) mass is 200 g/mol. The molecule has 3 N–H and O–H groups in total. The normalized spacial score (nSPS) is 12.7. The Kier molecular flexibility index (Phi) is 3.75. The van der Waals surface area contributed by atoms with Crippen LogP contribution in [0.1, 0.15) is 30.3 Å². The molecule has 72 valence electrons. The zero-order valence-electron chi connectivity index (χ0n) is 7.10. The molecule has 0 saturated carbocycles. The fourth-order valence-electron chi connectivity index (χ4n) is 0.984. The van der Waals surface area contributed by atoms with E-state index in [0.29, 0.717) is 6.42 Å². The largest absolute Gasteiger partial charge is 0.370 e. The van der Waals surface area contributed by atoms with Crippen LogP contribution >= 0.6 is 12.6 Å². The van der Waals surface area contributed by atoms with Crippen LogP contribution in [0.4, 0.5) is 0 Å². The van der Waals surface area contributed by atoms with Crippen LogP contribution in [-0.4, -0.2) is 21.1 Å². The van der Waals surface area contributed by atoms with E-state index in [-0.39, 0.29) is 11.2 Å². The van der Waals surface area contributed by atoms with E-state index >= 15 is 0 Å². The van der Waals surface area contributed by atoms with Crippen LogP contribution < -0.4 is 5.73 Å². The number of carbonyl (C=O) groups excluding carboxylic acids is 1. The van der Waals surface area contributed by atoms with Gasteiger partial charge in [0, 0.05) is 6.42 Å². The maximum absolute atomic E-state index is 10.4. The molecule has 1 aromatic rings. The van der Waals surface area contributed by atoms with Crippen LogP contribution in [-0.2, 0) is 4.79 Å². The molecule has 1 rings (SSSR count). The number of nitrogens with two attached hydrogens (primary N) is 1. The summed E-state index contributed by atoms with van der Waals surface area (Å²) in [4.78, 5) is 13.3. The molecule has 0 aliphatic heterocycles. The maximum atomic E-state index is 10.4. The number of aromatic amines is 1. The van der Waals surface area contributed by atoms with Crippen LogP contribution in [0.5, 0.6) is 0 Å². The summed E-state index contributed by atoms with van der Waals surface area (Å²) in [6.07, 6.45) is 3.39. The van der Waals surface area contributed by atoms with Crippen molar-refractivity contribution in [3.8, 4) is 0 Å². The number of amides is 1. The summed E-state index contributed by atoms with van der Waals surface area (Å²) in [5, 5.41) is 7.46. The summed E-state index contributed by atoms with van der Waals surface area (Å²) in [6.45, 7) is 0. The Morgan fingerprint density at radius 3 is 3.08 bits per heavy atom. The first kappa shape index (κ1) is 10.0. The van der Waals surface area contributed by atoms with E-state index < -0.39 is 0 Å². The predicted molar refractivity (Wildman–Crippen MR) is 51.2 cm³/mol. The summed E-state index contributed by atoms with van der Waals surface area (Å²) >= 11 is 4.30. The first-order valence-corrected chi connectivity index (χ1v) is 4.54. The molecule has 0 aromatic carbocycles. The van der Waals surface area contributed by atoms with Crippen molar-refractivity contribution in [2.45, 2.75) is 24.5 Å². The van der Waals surface area contributed by atoms with Crippen LogP contribution in [0.2, 0.25) is 0 Å². The van der Waals surface area contributed by atoms with E-state index in [2.05, 4.69) is 27.8 Å². The van der Waals surface area contributed by atoms with Gasteiger partial charge in [0.25, 0.3) is 0 Å². The van der Waals surface area contributed by atoms with Crippen molar-refractivity contribution in [1.82, 2.24) is 15.2 Å². The molecule has 13 heavy (non-hydrogen) atoms. The van der Waals surface area contributed by atoms with Gasteiger partial charge in [0.05, 0.1) is 5.25 Å². The van der Waals surface area contributed by atoms with Gasteiger partial charge in [-0.1, -0.05) is 0 Å². The van der Waals surface area contributed by atoms with E-state index in [4.69, 9.17) is 5.73 Å². The Balaban J connectivity index is 2.26. The zero-order chi connectivity index (χ0) is 9.68. The van der Waals surface area contributed by atoms with Gasteiger partial charge in [0.15, 0.2) is 0 Å². The van der Waals surface area contributed by atoms with E-state index in [1.807, 2.05) is 0 Å². The Morgan fingerprint density at radius 2 is 2.54 bits per heavy atom. The molecule has 0 fully saturated rings. The molecule has 0 radical (unpaired) electrons. The average molecular weight is 200 g/mol. The van der Waals surface area contributed by atoms with Gasteiger partial charge in [0.2, 0.25) is 5.91 Å². The summed E-state index contributed by atoms with van der Waals surface area (Å²) in [5.74, 6) is 0.450. The maximum Gasteiger partial charge on any atom is 0.217 e. The van der Waals surface area contributed by atoms with Crippen molar-refractivity contribution in [2.75, 3.05) is 0 Å². The molecule has 1 heterocycles. The molecule has 6 heteroatoms. The molecule has 0 saturated heterocycles. The van der Waals surface area contributed by atoms with Crippen LogP contribution in [0.25, 0.3) is 0 Å². The number of primary amides is 1. The first-order chi connectivity index (χ1) is 6.20. The van der Waals surface area contributed by atoms with E-state index in [0.717, 1.165) is 18.7 Å². The van der Waals surface area contributed by atoms with E-state index in [9.17, 15) is 4.79 Å². The van der Waals surface area contributed by atoms with Gasteiger partial charge >= 0.3 is 0 Å². The van der Waals surface area contributed by atoms with Crippen molar-refractivity contribution in [1.29, 1.82) is 0 Å². The fourth-order valence-corrected chi connectivity index (χ4v) is 1.29. The topological polar surface area (TPSA) is 84.7 Å². The third-order valence-corrected chi connectivity index (χ3v) is 2.15. The standard InChI is InChI=1S/C7H12N4OS/c8-6(12)3-1-2-5(13)7-9-4-10-11-7/h4-5,13H,1-3H2,(H2,8,12)(H,9,10,11). The molecular weight excluding hydrogens is 188 g/mol. The molecule has 1 atom stereocenters. The minimum absolute atomic E-state index is 0.00171. The molecule has 1 amide bonds. The number of H-pyrrole nitrogens is 1. The molecule has 0 aliphatic carbocycles. The number of hydrogen-bond donors (Lipinski definition) is 3. The summed E-state index contributed by atoms with van der Waals surface area (Å²) in [7, 11) is 0. The highest BCUT2D eigenvalue weighted by Gasteiger charge is 2.09. The van der Waals surface area contributed by atoms with Crippen molar-refractivity contribution in [2.24, 2.45) is 5.73 Å². The second-order valence-electron chi connectivity index (χ2n) is 2.75. The number of nitrogens with one attached hydrogen (secondary N) is 1. The number of thiol groups is 1. The lowest BCUT2D eigenvalue weighted by Gasteiger charge is -2.04. The predicted octanol–water partition coefficient (Wildman–Crippen LogP) is 0.431. The Labute approximate surface area is 81.5 Å². The fraction of sp³-hybridized carbons (Fsp3) is 0.571. The van der Waals surface area contributed by atoms with Gasteiger partial charge in [-0.2, -0.15) is 12.6 Å². The molecule has 5 nitrogen and oxygen atoms in total. The second kappa shape index (κ2) is 4.86. The summed E-state index contributed by atoms with van der Waals surface area (Å²) in [6, 6.07) is 0. The van der Waals surface area contributed by atoms with Gasteiger partial charge in [-0.15, -0.1) is 10.2 Å². The quantitative estimate of drug-likeness (QED) is 0.603. The molecule has 0 bridgehead atoms. The first-order valence-electron chi connectivity index (χ1n) is 4.02. The molecule has 1 aromatic heterocycles. The Hall–Kier alpha value is -1.04. The third-order valence-electron chi connectivity index (χ3n) is 1.65. The van der Waals surface area contributed by atoms with Gasteiger partial charge < -0.3 is 10.7 Å². The lowest BCUT2D eigenvalue weighted by Crippen LogP contribution is -2.10. The summed E-state index contributed by atoms with van der Waals surface area (Å²) < 4.78 is 0. The minimum Gasteiger partial charge on any atom is -0.370 e. The third kappa shape index (κ3) is 3.45. The highest BCUT2D eigenvalue weighted by Crippen LogP contribution is 2.21. The molecule has 1 unspecified atom stereocenters. The SMILES string of the molecule is NC(=O)CCCC(S)c1nnc[nH]1. The lowest BCUT2D eigenvalue weighted by molar-refractivity contribution is -0.118. The van der Waals surface area contributed by atoms with Crippen molar-refractivity contribution < 1.29 is 4.79 Å². The van der Waals surface area contributed by atoms with Crippen LogP contribution in [0.15, 0.2) is 6.33 Å². The number of carbonyl (C=O) groups is 1. The van der Waals surface area contributed by atoms with Crippen LogP contribution in [0, 0.1) is 0 Å². The van der Waals surface area contributed by atoms with Crippen molar-refractivity contribution in [3.05, 3.63) is 12.2 Å². The van der Waals surface area contributed by atoms with Crippen molar-refractivity contribution in [3.63, 3.8) is 0 Å². The van der Waals surface area contributed by atoms with E-state index in [1.165, 1.54) is 6.33 Å². The molecule has 0 spiro atoms. The van der Waals surface area contributed by atoms with Crippen molar-refractivity contribution >= 4 is 18.5 Å². The van der Waals surface area contributed by atoms with Gasteiger partial charge in [-0.05, 0) is 12.8 Å². The highest BCUT2D eigenvalue weighted by atomic mass is 32.1. The zero-order valence-corrected chi connectivity index (χ0v) is 8.00. The summed E-state index contributed by atoms with van der Waals surface area (Å²) in [5.41, 5.74) is 5.00. The number of rotatable bonds is 5. The lowest BCUT2D eigenvalue weighted by atomic mass is 10.2. The Morgan fingerprint density at radius 1 is 1.77 bits per heavy atom. The number of aromatic nitrogens is 3. The second-order valence-corrected chi connectivity index (χ2v) is 3.37. The minimum atomic E-state index is -0.280. The van der Waals surface area contributed by atoms with Gasteiger partial charge in [0.1, 0.15) is 12.2 Å². The van der Waals surface area contributed by atoms with Crippen LogP contribution in [0.3, 0.4) is 0 Å². The number of nitrogens with zero attached hydrogens (tertiary/aromatic N) is 2. The average Bonchev–Trinajstić information content (AvgIpc) is 2.55. The van der Waals surface area contributed by atoms with Gasteiger partial charge in [-0.25, -0.2) is 0 Å². The number of hydrogen-bond acceptors (Lipinski definition) is 4. The smallest absolute Gasteiger partial charge is 0.217 e. The molecule has 0 aliphatic rings. The van der Waals surface area contributed by atoms with Gasteiger partial charge in [-0.3, -0.25) is 4.79 Å². The van der Waals surface area contributed by atoms with E-state index in [1.54, 1.807) is 0 Å². The highest BCUT2D eigenvalue weighted by molar-refractivity contribution is 7.80. The molecular formula is C7H12N4OS. The Bertz CT molecular complexity index is 261.